The highest BCUT2D eigenvalue weighted by Gasteiger charge is 2.18. The van der Waals surface area contributed by atoms with Crippen molar-refractivity contribution in [2.45, 2.75) is 4.90 Å². The molecule has 120 valence electrons. The fourth-order valence-corrected chi connectivity index (χ4v) is 3.44. The first-order valence-electron chi connectivity index (χ1n) is 6.68. The van der Waals surface area contributed by atoms with Gasteiger partial charge in [-0.3, -0.25) is 4.72 Å². The van der Waals surface area contributed by atoms with Crippen LogP contribution in [0.3, 0.4) is 0 Å². The molecule has 0 saturated carbocycles. The smallest absolute Gasteiger partial charge is 0.262 e. The van der Waals surface area contributed by atoms with Crippen molar-refractivity contribution in [3.63, 3.8) is 0 Å². The molecule has 2 aromatic carbocycles. The summed E-state index contributed by atoms with van der Waals surface area (Å²) in [7, 11) is -3.88. The first kappa shape index (κ1) is 16.0. The lowest BCUT2D eigenvalue weighted by Crippen LogP contribution is -2.15. The Labute approximate surface area is 143 Å². The Morgan fingerprint density at radius 2 is 2.00 bits per heavy atom. The molecule has 1 N–H and O–H groups in total. The van der Waals surface area contributed by atoms with E-state index in [2.05, 4.69) is 14.8 Å². The van der Waals surface area contributed by atoms with E-state index in [1.165, 1.54) is 35.5 Å². The average molecular weight is 360 g/mol. The normalized spacial score (nSPS) is 11.0. The van der Waals surface area contributed by atoms with Crippen molar-refractivity contribution >= 4 is 27.3 Å². The first-order chi connectivity index (χ1) is 11.5. The van der Waals surface area contributed by atoms with E-state index in [1.54, 1.807) is 24.3 Å². The Balaban J connectivity index is 2.00. The van der Waals surface area contributed by atoms with E-state index in [4.69, 9.17) is 16.9 Å². The number of aromatic nitrogens is 3. The summed E-state index contributed by atoms with van der Waals surface area (Å²) in [6, 6.07) is 12.6. The Kier molecular flexibility index (Phi) is 4.20. The van der Waals surface area contributed by atoms with Crippen molar-refractivity contribution in [3.05, 3.63) is 65.7 Å². The Hall–Kier alpha value is -2.89. The molecule has 9 heteroatoms. The summed E-state index contributed by atoms with van der Waals surface area (Å²) in [5.41, 5.74) is 1.07. The minimum absolute atomic E-state index is 0.0418. The molecule has 0 aliphatic heterocycles. The summed E-state index contributed by atoms with van der Waals surface area (Å²) < 4.78 is 29.1. The van der Waals surface area contributed by atoms with Crippen LogP contribution in [0.4, 0.5) is 5.69 Å². The lowest BCUT2D eigenvalue weighted by atomic mass is 10.2. The molecular weight excluding hydrogens is 350 g/mol. The van der Waals surface area contributed by atoms with E-state index in [-0.39, 0.29) is 15.5 Å². The molecule has 0 fully saturated rings. The zero-order valence-electron chi connectivity index (χ0n) is 12.1. The molecule has 24 heavy (non-hydrogen) atoms. The summed E-state index contributed by atoms with van der Waals surface area (Å²) in [6.07, 6.45) is 2.82. The van der Waals surface area contributed by atoms with Gasteiger partial charge < -0.3 is 0 Å². The van der Waals surface area contributed by atoms with Gasteiger partial charge in [-0.1, -0.05) is 23.7 Å². The van der Waals surface area contributed by atoms with Crippen molar-refractivity contribution in [1.82, 2.24) is 14.8 Å². The third-order valence-electron chi connectivity index (χ3n) is 3.19. The van der Waals surface area contributed by atoms with E-state index in [9.17, 15) is 8.42 Å². The molecule has 3 rings (SSSR count). The van der Waals surface area contributed by atoms with E-state index in [0.717, 1.165) is 0 Å². The maximum atomic E-state index is 12.6. The van der Waals surface area contributed by atoms with Gasteiger partial charge in [0, 0.05) is 0 Å². The number of nitrogens with one attached hydrogen (secondary N) is 1. The van der Waals surface area contributed by atoms with Crippen LogP contribution in [0.1, 0.15) is 5.56 Å². The topological polar surface area (TPSA) is 101 Å². The second-order valence-electron chi connectivity index (χ2n) is 4.72. The number of nitrogens with zero attached hydrogens (tertiary/aromatic N) is 4. The summed E-state index contributed by atoms with van der Waals surface area (Å²) in [6.45, 7) is 0. The summed E-state index contributed by atoms with van der Waals surface area (Å²) in [5.74, 6) is 0. The third-order valence-corrected chi connectivity index (χ3v) is 4.86. The fraction of sp³-hybridized carbons (Fsp3) is 0. The molecule has 0 spiro atoms. The zero-order valence-corrected chi connectivity index (χ0v) is 13.7. The third kappa shape index (κ3) is 3.08. The van der Waals surface area contributed by atoms with Crippen LogP contribution >= 0.6 is 11.6 Å². The largest absolute Gasteiger partial charge is 0.277 e. The predicted molar refractivity (Wildman–Crippen MR) is 88.3 cm³/mol. The molecule has 1 aromatic heterocycles. The SMILES string of the molecule is N#Cc1ccc(S(=O)(=O)Nc2ccccc2-n2cncn2)cc1Cl. The molecule has 0 unspecified atom stereocenters. The summed E-state index contributed by atoms with van der Waals surface area (Å²) >= 11 is 5.91. The average Bonchev–Trinajstić information content (AvgIpc) is 3.09. The van der Waals surface area contributed by atoms with Gasteiger partial charge >= 0.3 is 0 Å². The molecule has 0 saturated heterocycles. The van der Waals surface area contributed by atoms with Crippen LogP contribution in [0, 0.1) is 11.3 Å². The van der Waals surface area contributed by atoms with Crippen LogP contribution in [0.15, 0.2) is 60.0 Å². The monoisotopic (exact) mass is 359 g/mol. The van der Waals surface area contributed by atoms with Crippen LogP contribution < -0.4 is 4.72 Å². The lowest BCUT2D eigenvalue weighted by molar-refractivity contribution is 0.601. The van der Waals surface area contributed by atoms with Gasteiger partial charge in [-0.2, -0.15) is 10.4 Å². The van der Waals surface area contributed by atoms with Gasteiger partial charge in [0.1, 0.15) is 18.7 Å². The number of rotatable bonds is 4. The van der Waals surface area contributed by atoms with Crippen molar-refractivity contribution in [2.75, 3.05) is 4.72 Å². The number of sulfonamides is 1. The Morgan fingerprint density at radius 3 is 2.67 bits per heavy atom. The molecule has 7 nitrogen and oxygen atoms in total. The predicted octanol–water partition coefficient (Wildman–Crippen LogP) is 2.59. The van der Waals surface area contributed by atoms with Crippen LogP contribution in [-0.2, 0) is 10.0 Å². The summed E-state index contributed by atoms with van der Waals surface area (Å²) in [5, 5.41) is 12.9. The first-order valence-corrected chi connectivity index (χ1v) is 8.54. The van der Waals surface area contributed by atoms with Crippen LogP contribution in [0.5, 0.6) is 0 Å². The molecule has 0 bridgehead atoms. The van der Waals surface area contributed by atoms with Gasteiger partial charge in [0.2, 0.25) is 0 Å². The van der Waals surface area contributed by atoms with Crippen molar-refractivity contribution in [1.29, 1.82) is 5.26 Å². The lowest BCUT2D eigenvalue weighted by Gasteiger charge is -2.12. The number of hydrogen-bond acceptors (Lipinski definition) is 5. The second-order valence-corrected chi connectivity index (χ2v) is 6.81. The minimum atomic E-state index is -3.88. The van der Waals surface area contributed by atoms with Gasteiger partial charge in [0.15, 0.2) is 0 Å². The standard InChI is InChI=1S/C15H10ClN5O2S/c16-13-7-12(6-5-11(13)8-17)24(22,23)20-14-3-1-2-4-15(14)21-10-18-9-19-21/h1-7,9-10,20H. The number of anilines is 1. The molecule has 0 atom stereocenters. The maximum Gasteiger partial charge on any atom is 0.262 e. The van der Waals surface area contributed by atoms with Crippen molar-refractivity contribution < 1.29 is 8.42 Å². The van der Waals surface area contributed by atoms with Gasteiger partial charge in [0.05, 0.1) is 26.9 Å². The maximum absolute atomic E-state index is 12.6. The molecule has 0 radical (unpaired) electrons. The Bertz CT molecular complexity index is 1030. The molecule has 0 aliphatic carbocycles. The van der Waals surface area contributed by atoms with Gasteiger partial charge in [0.25, 0.3) is 10.0 Å². The Morgan fingerprint density at radius 1 is 1.21 bits per heavy atom. The number of para-hydroxylation sites is 2. The van der Waals surface area contributed by atoms with Crippen LogP contribution in [0.25, 0.3) is 5.69 Å². The highest BCUT2D eigenvalue weighted by Crippen LogP contribution is 2.25. The van der Waals surface area contributed by atoms with E-state index in [0.29, 0.717) is 11.4 Å². The minimum Gasteiger partial charge on any atom is -0.277 e. The molecule has 3 aromatic rings. The molecule has 0 amide bonds. The van der Waals surface area contributed by atoms with Crippen molar-refractivity contribution in [2.24, 2.45) is 0 Å². The van der Waals surface area contributed by atoms with Crippen molar-refractivity contribution in [3.8, 4) is 11.8 Å². The van der Waals surface area contributed by atoms with Crippen LogP contribution in [0.2, 0.25) is 5.02 Å². The zero-order chi connectivity index (χ0) is 17.2. The summed E-state index contributed by atoms with van der Waals surface area (Å²) in [4.78, 5) is 3.81. The molecule has 0 aliphatic rings. The second kappa shape index (κ2) is 6.31. The van der Waals surface area contributed by atoms with Crippen LogP contribution in [-0.4, -0.2) is 23.2 Å². The van der Waals surface area contributed by atoms with Gasteiger partial charge in [-0.25, -0.2) is 18.1 Å². The number of halogens is 1. The highest BCUT2D eigenvalue weighted by molar-refractivity contribution is 7.92. The molecular formula is C15H10ClN5O2S. The highest BCUT2D eigenvalue weighted by atomic mass is 35.5. The number of hydrogen-bond donors (Lipinski definition) is 1. The quantitative estimate of drug-likeness (QED) is 0.771. The van der Waals surface area contributed by atoms with E-state index < -0.39 is 10.0 Å². The van der Waals surface area contributed by atoms with E-state index in [1.807, 2.05) is 6.07 Å². The van der Waals surface area contributed by atoms with E-state index >= 15 is 0 Å². The molecule has 1 heterocycles. The number of benzene rings is 2. The van der Waals surface area contributed by atoms with Gasteiger partial charge in [-0.15, -0.1) is 0 Å². The number of nitriles is 1. The van der Waals surface area contributed by atoms with Gasteiger partial charge in [-0.05, 0) is 30.3 Å². The fourth-order valence-electron chi connectivity index (χ4n) is 2.05.